The number of nitrogens with one attached hydrogen (secondary N) is 2. The first kappa shape index (κ1) is 22.1. The van der Waals surface area contributed by atoms with Crippen molar-refractivity contribution in [1.82, 2.24) is 5.32 Å². The maximum atomic E-state index is 13.3. The van der Waals surface area contributed by atoms with Crippen molar-refractivity contribution in [2.45, 2.75) is 38.3 Å². The molecule has 1 amide bonds. The van der Waals surface area contributed by atoms with Crippen LogP contribution in [0.15, 0.2) is 71.1 Å². The molecule has 0 radical (unpaired) electrons. The monoisotopic (exact) mass is 460 g/mol. The molecule has 0 aromatic heterocycles. The second-order valence-electron chi connectivity index (χ2n) is 7.85. The number of alkyl halides is 3. The molecule has 1 aliphatic heterocycles. The summed E-state index contributed by atoms with van der Waals surface area (Å²) < 4.78 is 39.3. The zero-order valence-electron chi connectivity index (χ0n) is 17.1. The molecule has 166 valence electrons. The number of rotatable bonds is 3. The van der Waals surface area contributed by atoms with Crippen molar-refractivity contribution in [3.63, 3.8) is 0 Å². The van der Waals surface area contributed by atoms with Crippen LogP contribution in [-0.4, -0.2) is 11.7 Å². The number of benzene rings is 2. The third-order valence-electron chi connectivity index (χ3n) is 5.65. The van der Waals surface area contributed by atoms with E-state index in [-0.39, 0.29) is 17.0 Å². The lowest BCUT2D eigenvalue weighted by atomic mass is 9.75. The number of hydrogen-bond acceptors (Lipinski definition) is 3. The number of dihydropyridines is 1. The zero-order valence-corrected chi connectivity index (χ0v) is 17.9. The predicted octanol–water partition coefficient (Wildman–Crippen LogP) is 5.97. The maximum Gasteiger partial charge on any atom is 0.416 e. The molecule has 0 bridgehead atoms. The predicted molar refractivity (Wildman–Crippen MR) is 116 cm³/mol. The van der Waals surface area contributed by atoms with Gasteiger partial charge in [-0.25, -0.2) is 0 Å². The van der Waals surface area contributed by atoms with E-state index in [2.05, 4.69) is 10.6 Å². The van der Waals surface area contributed by atoms with Crippen LogP contribution in [0, 0.1) is 0 Å². The molecule has 0 unspecified atom stereocenters. The Hall–Kier alpha value is -3.06. The van der Waals surface area contributed by atoms with Gasteiger partial charge in [0.25, 0.3) is 5.91 Å². The van der Waals surface area contributed by atoms with Crippen LogP contribution in [0.1, 0.15) is 43.2 Å². The van der Waals surface area contributed by atoms with Gasteiger partial charge in [0.1, 0.15) is 0 Å². The van der Waals surface area contributed by atoms with Crippen LogP contribution in [-0.2, 0) is 15.8 Å². The highest BCUT2D eigenvalue weighted by Crippen LogP contribution is 2.43. The molecule has 4 rings (SSSR count). The van der Waals surface area contributed by atoms with Crippen LogP contribution in [0.3, 0.4) is 0 Å². The average Bonchev–Trinajstić information content (AvgIpc) is 2.72. The van der Waals surface area contributed by atoms with E-state index in [1.165, 1.54) is 12.1 Å². The molecule has 0 saturated carbocycles. The Bertz CT molecular complexity index is 1170. The van der Waals surface area contributed by atoms with Gasteiger partial charge in [-0.3, -0.25) is 9.59 Å². The molecule has 2 aromatic rings. The number of halogens is 4. The van der Waals surface area contributed by atoms with Crippen LogP contribution >= 0.6 is 11.6 Å². The molecule has 2 aliphatic rings. The van der Waals surface area contributed by atoms with Gasteiger partial charge in [-0.05, 0) is 55.7 Å². The Kier molecular flexibility index (Phi) is 5.86. The second-order valence-corrected chi connectivity index (χ2v) is 8.29. The van der Waals surface area contributed by atoms with Crippen molar-refractivity contribution in [3.8, 4) is 0 Å². The van der Waals surface area contributed by atoms with Gasteiger partial charge in [0.05, 0.1) is 5.56 Å². The first-order chi connectivity index (χ1) is 15.1. The van der Waals surface area contributed by atoms with Crippen molar-refractivity contribution < 1.29 is 22.8 Å². The van der Waals surface area contributed by atoms with Crippen molar-refractivity contribution in [1.29, 1.82) is 0 Å². The summed E-state index contributed by atoms with van der Waals surface area (Å²) in [6.45, 7) is 1.72. The summed E-state index contributed by atoms with van der Waals surface area (Å²) in [6.07, 6.45) is -2.76. The van der Waals surface area contributed by atoms with Crippen LogP contribution in [0.25, 0.3) is 0 Å². The minimum atomic E-state index is -4.53. The summed E-state index contributed by atoms with van der Waals surface area (Å²) in [4.78, 5) is 26.2. The van der Waals surface area contributed by atoms with E-state index >= 15 is 0 Å². The van der Waals surface area contributed by atoms with Gasteiger partial charge < -0.3 is 10.6 Å². The number of carbonyl (C=O) groups is 2. The van der Waals surface area contributed by atoms with Gasteiger partial charge >= 0.3 is 6.18 Å². The summed E-state index contributed by atoms with van der Waals surface area (Å²) in [5.41, 5.74) is 1.95. The van der Waals surface area contributed by atoms with E-state index in [0.29, 0.717) is 41.1 Å². The van der Waals surface area contributed by atoms with E-state index in [1.807, 2.05) is 0 Å². The van der Waals surface area contributed by atoms with Crippen LogP contribution in [0.5, 0.6) is 0 Å². The zero-order chi connectivity index (χ0) is 23.0. The average molecular weight is 461 g/mol. The number of hydrogen-bond donors (Lipinski definition) is 2. The fraction of sp³-hybridized carbons (Fsp3) is 0.250. The van der Waals surface area contributed by atoms with Crippen LogP contribution in [0.2, 0.25) is 5.02 Å². The van der Waals surface area contributed by atoms with Crippen molar-refractivity contribution in [3.05, 3.63) is 87.2 Å². The van der Waals surface area contributed by atoms with Gasteiger partial charge in [-0.1, -0.05) is 29.8 Å². The van der Waals surface area contributed by atoms with Gasteiger partial charge in [-0.15, -0.1) is 0 Å². The molecular formula is C24H20ClF3N2O2. The Balaban J connectivity index is 1.76. The molecule has 8 heteroatoms. The lowest BCUT2D eigenvalue weighted by Crippen LogP contribution is -2.35. The smallest absolute Gasteiger partial charge is 0.362 e. The number of anilines is 1. The number of amides is 1. The van der Waals surface area contributed by atoms with Crippen LogP contribution in [0.4, 0.5) is 18.9 Å². The van der Waals surface area contributed by atoms with Crippen molar-refractivity contribution in [2.75, 3.05) is 5.32 Å². The Labute approximate surface area is 188 Å². The standard InChI is InChI=1S/C24H20ClF3N2O2/c1-13-20(23(32)30-17-8-3-6-15(12-17)24(26,27)28)21(14-5-2-7-16(25)11-14)22-18(29-13)9-4-10-19(22)31/h2-3,5-8,11-12,21,29H,4,9-10H2,1H3,(H,30,32)/t21-/m1/s1. The van der Waals surface area contributed by atoms with E-state index in [0.717, 1.165) is 17.8 Å². The fourth-order valence-corrected chi connectivity index (χ4v) is 4.47. The van der Waals surface area contributed by atoms with Gasteiger partial charge in [0.15, 0.2) is 5.78 Å². The second kappa shape index (κ2) is 8.47. The molecular weight excluding hydrogens is 441 g/mol. The maximum absolute atomic E-state index is 13.3. The third kappa shape index (κ3) is 4.30. The first-order valence-corrected chi connectivity index (χ1v) is 10.5. The highest BCUT2D eigenvalue weighted by atomic mass is 35.5. The summed E-state index contributed by atoms with van der Waals surface area (Å²) >= 11 is 6.19. The normalized spacial score (nSPS) is 18.9. The summed E-state index contributed by atoms with van der Waals surface area (Å²) in [5, 5.41) is 6.22. The van der Waals surface area contributed by atoms with Gasteiger partial charge in [0, 0.05) is 45.6 Å². The van der Waals surface area contributed by atoms with Gasteiger partial charge in [0.2, 0.25) is 0 Å². The Morgan fingerprint density at radius 3 is 2.59 bits per heavy atom. The molecule has 0 spiro atoms. The lowest BCUT2D eigenvalue weighted by Gasteiger charge is -2.34. The highest BCUT2D eigenvalue weighted by molar-refractivity contribution is 6.30. The Morgan fingerprint density at radius 2 is 1.88 bits per heavy atom. The fourth-order valence-electron chi connectivity index (χ4n) is 4.28. The number of ketones is 1. The minimum absolute atomic E-state index is 0.0183. The summed E-state index contributed by atoms with van der Waals surface area (Å²) in [5.74, 6) is -1.30. The summed E-state index contributed by atoms with van der Waals surface area (Å²) in [6, 6.07) is 11.4. The molecule has 4 nitrogen and oxygen atoms in total. The third-order valence-corrected chi connectivity index (χ3v) is 5.89. The van der Waals surface area contributed by atoms with E-state index in [9.17, 15) is 22.8 Å². The van der Waals surface area contributed by atoms with Gasteiger partial charge in [-0.2, -0.15) is 13.2 Å². The highest BCUT2D eigenvalue weighted by Gasteiger charge is 2.38. The Morgan fingerprint density at radius 1 is 1.12 bits per heavy atom. The van der Waals surface area contributed by atoms with Crippen molar-refractivity contribution >= 4 is 29.0 Å². The quantitative estimate of drug-likeness (QED) is 0.593. The molecule has 1 heterocycles. The number of Topliss-reactive ketones (excluding diaryl/α,β-unsaturated/α-hetero) is 1. The molecule has 32 heavy (non-hydrogen) atoms. The van der Waals surface area contributed by atoms with E-state index < -0.39 is 23.6 Å². The number of carbonyl (C=O) groups excluding carboxylic acids is 2. The molecule has 0 saturated heterocycles. The summed E-state index contributed by atoms with van der Waals surface area (Å²) in [7, 11) is 0. The largest absolute Gasteiger partial charge is 0.416 e. The van der Waals surface area contributed by atoms with Crippen molar-refractivity contribution in [2.24, 2.45) is 0 Å². The molecule has 0 fully saturated rings. The molecule has 2 N–H and O–H groups in total. The first-order valence-electron chi connectivity index (χ1n) is 10.1. The SMILES string of the molecule is CC1=C(C(=O)Nc2cccc(C(F)(F)F)c2)[C@@H](c2cccc(Cl)c2)C2=C(CCCC2=O)N1. The minimum Gasteiger partial charge on any atom is -0.362 e. The van der Waals surface area contributed by atoms with E-state index in [1.54, 1.807) is 31.2 Å². The van der Waals surface area contributed by atoms with E-state index in [4.69, 9.17) is 11.6 Å². The van der Waals surface area contributed by atoms with Crippen LogP contribution < -0.4 is 10.6 Å². The number of allylic oxidation sites excluding steroid dienone is 3. The topological polar surface area (TPSA) is 58.2 Å². The lowest BCUT2D eigenvalue weighted by molar-refractivity contribution is -0.137. The molecule has 1 aliphatic carbocycles. The molecule has 2 aromatic carbocycles. The molecule has 1 atom stereocenters.